The molecule has 0 radical (unpaired) electrons. The Balaban J connectivity index is 0.000000173. The summed E-state index contributed by atoms with van der Waals surface area (Å²) in [6, 6.07) is 36.4. The van der Waals surface area contributed by atoms with Crippen molar-refractivity contribution in [1.82, 2.24) is 39.1 Å². The van der Waals surface area contributed by atoms with Gasteiger partial charge in [0.1, 0.15) is 16.9 Å². The monoisotopic (exact) mass is 1200 g/mol. The van der Waals surface area contributed by atoms with Gasteiger partial charge in [0.2, 0.25) is 11.8 Å². The normalized spacial score (nSPS) is 17.7. The first-order valence-electron chi connectivity index (χ1n) is 28.8. The van der Waals surface area contributed by atoms with Crippen LogP contribution in [-0.2, 0) is 41.1 Å². The molecule has 0 bridgehead atoms. The van der Waals surface area contributed by atoms with Gasteiger partial charge in [0.25, 0.3) is 5.56 Å². The summed E-state index contributed by atoms with van der Waals surface area (Å²) < 4.78 is 14.5. The van der Waals surface area contributed by atoms with Gasteiger partial charge in [-0.3, -0.25) is 38.9 Å². The number of nitrogens with zero attached hydrogens (tertiary/aromatic N) is 7. The van der Waals surface area contributed by atoms with E-state index in [0.29, 0.717) is 29.5 Å². The Bertz CT molecular complexity index is 3580. The van der Waals surface area contributed by atoms with Gasteiger partial charge >= 0.3 is 17.7 Å². The fraction of sp³-hybridized carbons (Fsp3) is 0.409. The van der Waals surface area contributed by atoms with Crippen LogP contribution < -0.4 is 36.3 Å². The number of imidazole rings is 1. The van der Waals surface area contributed by atoms with Gasteiger partial charge < -0.3 is 39.0 Å². The Morgan fingerprint density at radius 1 is 0.802 bits per heavy atom. The molecule has 0 spiro atoms. The number of carboxylic acids is 1. The molecule has 4 amide bonds. The van der Waals surface area contributed by atoms with E-state index < -0.39 is 40.7 Å². The fourth-order valence-electron chi connectivity index (χ4n) is 10.8. The van der Waals surface area contributed by atoms with Crippen LogP contribution >= 0.6 is 11.8 Å². The number of benzene rings is 5. The maximum Gasteiger partial charge on any atom is 0.332 e. The van der Waals surface area contributed by atoms with Crippen LogP contribution in [0.1, 0.15) is 83.3 Å². The van der Waals surface area contributed by atoms with E-state index in [4.69, 9.17) is 14.6 Å². The zero-order valence-corrected chi connectivity index (χ0v) is 52.7. The molecule has 3 aliphatic rings. The van der Waals surface area contributed by atoms with Crippen LogP contribution in [0, 0.1) is 17.3 Å². The molecule has 1 aliphatic carbocycles. The van der Waals surface area contributed by atoms with E-state index in [2.05, 4.69) is 121 Å². The number of allylic oxidation sites excluding steroid dienone is 1. The highest BCUT2D eigenvalue weighted by molar-refractivity contribution is 7.99. The van der Waals surface area contributed by atoms with Crippen molar-refractivity contribution in [3.63, 3.8) is 0 Å². The largest absolute Gasteiger partial charge is 0.497 e. The number of rotatable bonds is 14. The second kappa shape index (κ2) is 29.9. The summed E-state index contributed by atoms with van der Waals surface area (Å²) >= 11 is 1.87. The number of carbonyl (C=O) groups excluding carboxylic acids is 3. The minimum atomic E-state index is -1.20. The molecule has 2 aliphatic heterocycles. The van der Waals surface area contributed by atoms with Crippen LogP contribution in [0.15, 0.2) is 148 Å². The predicted octanol–water partition coefficient (Wildman–Crippen LogP) is 9.84. The fourth-order valence-corrected chi connectivity index (χ4v) is 11.9. The van der Waals surface area contributed by atoms with Crippen molar-refractivity contribution in [2.45, 2.75) is 93.6 Å². The van der Waals surface area contributed by atoms with Gasteiger partial charge in [0.05, 0.1) is 43.4 Å². The molecule has 2 unspecified atom stereocenters. The molecule has 5 atom stereocenters. The van der Waals surface area contributed by atoms with Gasteiger partial charge in [-0.2, -0.15) is 0 Å². The summed E-state index contributed by atoms with van der Waals surface area (Å²) in [5.41, 5.74) is 2.73. The summed E-state index contributed by atoms with van der Waals surface area (Å²) in [6.45, 7) is 13.2. The maximum atomic E-state index is 11.9. The van der Waals surface area contributed by atoms with Crippen LogP contribution in [-0.4, -0.2) is 124 Å². The standard InChI is InChI=1S/C17H20N2S.C16H25NO2.C14H14O3.C11H16N2O3.C8H10N4O2/c1-13(18(2)3)12-19-14-8-4-6-10-16(14)20-17-11-7-5-9-15(17)19;1-17(2)12-14-7-4-5-10-16(14,18)13-8-6-9-15(11-13)19-3;1-9(14(15)16)10-3-4-12-8-13(17-2)6-5-11(12)7-10;1-4-6-11(7(3)5-2)8(14)12-10(16)13-9(11)15;1-10-4-9-6-5(10)7(13)12(3)8(14)11(6)2/h4-11,13H,12H2,1-3H3;6,8-9,11,14,18H,4-5,7,10,12H2,1-3H3;3-9H,1-2H3,(H,15,16);4,7H,1,5-6H2,2-3H3,(H2,12,13,14,15,16);4H,1-3H3/t;14-,16+;9-;;/m.10../s1. The lowest BCUT2D eigenvalue weighted by Gasteiger charge is -2.41. The number of carbonyl (C=O) groups is 4. The van der Waals surface area contributed by atoms with Crippen LogP contribution in [0.25, 0.3) is 21.9 Å². The number of carboxylic acid groups (broad SMARTS) is 1. The third-order valence-corrected chi connectivity index (χ3v) is 17.6. The Labute approximate surface area is 508 Å². The molecular formula is C66H85N9O10S. The van der Waals surface area contributed by atoms with E-state index in [1.807, 2.05) is 86.3 Å². The Kier molecular flexibility index (Phi) is 23.3. The van der Waals surface area contributed by atoms with Gasteiger partial charge in [-0.1, -0.05) is 112 Å². The average molecular weight is 1200 g/mol. The minimum absolute atomic E-state index is 0.154. The number of amides is 4. The number of barbiturate groups is 1. The number of hydrogen-bond acceptors (Lipinski definition) is 14. The average Bonchev–Trinajstić information content (AvgIpc) is 1.72. The lowest BCUT2D eigenvalue weighted by molar-refractivity contribution is -0.148. The highest BCUT2D eigenvalue weighted by Crippen LogP contribution is 2.48. The van der Waals surface area contributed by atoms with Gasteiger partial charge in [0.15, 0.2) is 11.2 Å². The second-order valence-electron chi connectivity index (χ2n) is 22.6. The molecule has 7 aromatic rings. The van der Waals surface area contributed by atoms with E-state index in [1.165, 1.54) is 51.6 Å². The Hall–Kier alpha value is -8.04. The lowest BCUT2D eigenvalue weighted by Crippen LogP contribution is -2.64. The van der Waals surface area contributed by atoms with E-state index in [9.17, 15) is 33.9 Å². The number of likely N-dealkylation sites (N-methyl/N-ethyl adjacent to an activating group) is 1. The first-order valence-corrected chi connectivity index (χ1v) is 29.7. The number of imide groups is 2. The molecule has 19 nitrogen and oxygen atoms in total. The molecule has 4 heterocycles. The molecule has 20 heteroatoms. The molecule has 5 aromatic carbocycles. The number of aryl methyl sites for hydroxylation is 2. The Morgan fingerprint density at radius 3 is 1.97 bits per heavy atom. The summed E-state index contributed by atoms with van der Waals surface area (Å²) in [5, 5.41) is 26.5. The highest BCUT2D eigenvalue weighted by atomic mass is 32.2. The molecule has 2 aromatic heterocycles. The van der Waals surface area contributed by atoms with E-state index >= 15 is 0 Å². The van der Waals surface area contributed by atoms with Crippen LogP contribution in [0.2, 0.25) is 0 Å². The number of nitrogens with one attached hydrogen (secondary N) is 2. The molecule has 460 valence electrons. The highest BCUT2D eigenvalue weighted by Gasteiger charge is 2.52. The number of hydrogen-bond donors (Lipinski definition) is 4. The van der Waals surface area contributed by atoms with Gasteiger partial charge in [-0.05, 0) is 138 Å². The maximum absolute atomic E-state index is 11.9. The van der Waals surface area contributed by atoms with Crippen LogP contribution in [0.5, 0.6) is 11.5 Å². The molecule has 1 saturated carbocycles. The summed E-state index contributed by atoms with van der Waals surface area (Å²) in [4.78, 5) is 82.4. The van der Waals surface area contributed by atoms with Gasteiger partial charge in [-0.25, -0.2) is 14.6 Å². The van der Waals surface area contributed by atoms with Crippen molar-refractivity contribution in [2.24, 2.45) is 38.4 Å². The minimum Gasteiger partial charge on any atom is -0.497 e. The van der Waals surface area contributed by atoms with Crippen molar-refractivity contribution in [2.75, 3.05) is 60.4 Å². The number of aliphatic carboxylic acids is 1. The first kappa shape index (κ1) is 67.1. The number of urea groups is 1. The number of aromatic nitrogens is 4. The van der Waals surface area contributed by atoms with Crippen molar-refractivity contribution < 1.29 is 38.9 Å². The molecule has 1 saturated heterocycles. The zero-order chi connectivity index (χ0) is 63.2. The lowest BCUT2D eigenvalue weighted by atomic mass is 9.70. The first-order chi connectivity index (χ1) is 40.9. The molecule has 86 heavy (non-hydrogen) atoms. The summed E-state index contributed by atoms with van der Waals surface area (Å²) in [6.07, 6.45) is 8.19. The third-order valence-electron chi connectivity index (χ3n) is 16.5. The number of methoxy groups -OCH3 is 2. The molecule has 2 fully saturated rings. The van der Waals surface area contributed by atoms with E-state index in [1.54, 1.807) is 39.8 Å². The van der Waals surface area contributed by atoms with Crippen molar-refractivity contribution >= 4 is 68.9 Å². The predicted molar refractivity (Wildman–Crippen MR) is 341 cm³/mol. The van der Waals surface area contributed by atoms with Gasteiger partial charge in [0, 0.05) is 56.0 Å². The van der Waals surface area contributed by atoms with Crippen molar-refractivity contribution in [3.8, 4) is 11.5 Å². The van der Waals surface area contributed by atoms with Crippen molar-refractivity contribution in [1.29, 1.82) is 0 Å². The number of ether oxygens (including phenoxy) is 2. The molecular weight excluding hydrogens is 1110 g/mol. The number of anilines is 2. The number of fused-ring (bicyclic) bond motifs is 4. The smallest absolute Gasteiger partial charge is 0.332 e. The summed E-state index contributed by atoms with van der Waals surface area (Å²) in [7, 11) is 16.5. The van der Waals surface area contributed by atoms with Gasteiger partial charge in [-0.15, -0.1) is 6.58 Å². The van der Waals surface area contributed by atoms with Crippen molar-refractivity contribution in [3.05, 3.63) is 160 Å². The molecule has 4 N–H and O–H groups in total. The van der Waals surface area contributed by atoms with E-state index in [0.717, 1.165) is 70.3 Å². The Morgan fingerprint density at radius 2 is 1.40 bits per heavy atom. The topological polar surface area (TPSA) is 223 Å². The number of aliphatic hydroxyl groups is 1. The van der Waals surface area contributed by atoms with Crippen LogP contribution in [0.3, 0.4) is 0 Å². The molecule has 10 rings (SSSR count). The number of para-hydroxylation sites is 2. The quantitative estimate of drug-likeness (QED) is 0.0588. The van der Waals surface area contributed by atoms with Crippen LogP contribution in [0.4, 0.5) is 16.2 Å². The third kappa shape index (κ3) is 15.3. The summed E-state index contributed by atoms with van der Waals surface area (Å²) in [5.74, 6) is -0.594. The SMILES string of the molecule is C=CCC1(C(C)CC)C(=O)NC(=O)NC1=O.CC(CN1c2ccccc2Sc2ccccc21)N(C)C.COc1ccc2cc([C@H](C)C(=O)O)ccc2c1.COc1cccc([C@@]2(O)CCCC[C@@H]2CN(C)C)c1.Cn1c(=O)c2c(ncn2C)n(C)c1=O. The van der Waals surface area contributed by atoms with E-state index in [-0.39, 0.29) is 23.6 Å². The second-order valence-corrected chi connectivity index (χ2v) is 23.7. The zero-order valence-electron chi connectivity index (χ0n) is 51.9.